The van der Waals surface area contributed by atoms with Crippen LogP contribution < -0.4 is 4.74 Å². The van der Waals surface area contributed by atoms with E-state index in [2.05, 4.69) is 9.97 Å². The highest BCUT2D eigenvalue weighted by Crippen LogP contribution is 2.26. The quantitative estimate of drug-likeness (QED) is 0.593. The summed E-state index contributed by atoms with van der Waals surface area (Å²) in [7, 11) is 1.63. The number of aliphatic hydroxyl groups excluding tert-OH is 1. The first-order valence-corrected chi connectivity index (χ1v) is 8.38. The van der Waals surface area contributed by atoms with Crippen LogP contribution in [0.3, 0.4) is 0 Å². The van der Waals surface area contributed by atoms with Crippen LogP contribution >= 0.6 is 0 Å². The topological polar surface area (TPSA) is 73.3 Å². The molecule has 0 aliphatic heterocycles. The molecule has 0 fully saturated rings. The summed E-state index contributed by atoms with van der Waals surface area (Å²) in [5.74, 6) is 2.57. The summed E-state index contributed by atoms with van der Waals surface area (Å²) in [4.78, 5) is 8.92. The predicted octanol–water partition coefficient (Wildman–Crippen LogP) is 3.80. The molecule has 4 rings (SSSR count). The third-order valence-electron chi connectivity index (χ3n) is 4.26. The SMILES string of the molecule is COc1cccc(-c2cnc(Cn3c(C(C)O)nc4ccccc43)o2)c1. The Morgan fingerprint density at radius 2 is 2.04 bits per heavy atom. The van der Waals surface area contributed by atoms with Crippen LogP contribution in [0.4, 0.5) is 0 Å². The fourth-order valence-electron chi connectivity index (χ4n) is 3.01. The van der Waals surface area contributed by atoms with Gasteiger partial charge >= 0.3 is 0 Å². The van der Waals surface area contributed by atoms with E-state index >= 15 is 0 Å². The van der Waals surface area contributed by atoms with Gasteiger partial charge in [0.25, 0.3) is 0 Å². The van der Waals surface area contributed by atoms with E-state index in [0.29, 0.717) is 24.0 Å². The molecule has 0 bridgehead atoms. The minimum Gasteiger partial charge on any atom is -0.497 e. The Hall–Kier alpha value is -3.12. The van der Waals surface area contributed by atoms with Gasteiger partial charge in [-0.05, 0) is 31.2 Å². The lowest BCUT2D eigenvalue weighted by molar-refractivity contribution is 0.184. The van der Waals surface area contributed by atoms with E-state index in [1.54, 1.807) is 20.2 Å². The first-order valence-electron chi connectivity index (χ1n) is 8.38. The number of benzene rings is 2. The van der Waals surface area contributed by atoms with Gasteiger partial charge in [0, 0.05) is 5.56 Å². The van der Waals surface area contributed by atoms with E-state index in [-0.39, 0.29) is 0 Å². The minimum atomic E-state index is -0.685. The van der Waals surface area contributed by atoms with Crippen molar-refractivity contribution in [1.82, 2.24) is 14.5 Å². The van der Waals surface area contributed by atoms with E-state index in [1.165, 1.54) is 0 Å². The Bertz CT molecular complexity index is 1050. The molecule has 2 aromatic heterocycles. The third kappa shape index (κ3) is 2.95. The van der Waals surface area contributed by atoms with Gasteiger partial charge in [0.15, 0.2) is 5.76 Å². The molecule has 26 heavy (non-hydrogen) atoms. The molecule has 0 radical (unpaired) electrons. The van der Waals surface area contributed by atoms with Crippen LogP contribution in [-0.2, 0) is 6.54 Å². The molecule has 1 N–H and O–H groups in total. The van der Waals surface area contributed by atoms with Gasteiger partial charge in [0.1, 0.15) is 24.2 Å². The summed E-state index contributed by atoms with van der Waals surface area (Å²) in [6.07, 6.45) is 1.01. The number of nitrogens with zero attached hydrogens (tertiary/aromatic N) is 3. The zero-order valence-electron chi connectivity index (χ0n) is 14.6. The number of aromatic nitrogens is 3. The number of methoxy groups -OCH3 is 1. The number of hydrogen-bond acceptors (Lipinski definition) is 5. The molecule has 6 heteroatoms. The number of ether oxygens (including phenoxy) is 1. The molecule has 6 nitrogen and oxygen atoms in total. The zero-order valence-corrected chi connectivity index (χ0v) is 14.6. The second-order valence-electron chi connectivity index (χ2n) is 6.07. The van der Waals surface area contributed by atoms with Gasteiger partial charge in [-0.3, -0.25) is 0 Å². The molecule has 0 aliphatic carbocycles. The monoisotopic (exact) mass is 349 g/mol. The Morgan fingerprint density at radius 3 is 2.85 bits per heavy atom. The maximum absolute atomic E-state index is 10.1. The highest BCUT2D eigenvalue weighted by atomic mass is 16.5. The molecule has 1 unspecified atom stereocenters. The molecule has 0 saturated heterocycles. The first kappa shape index (κ1) is 16.4. The molecule has 0 saturated carbocycles. The van der Waals surface area contributed by atoms with Crippen LogP contribution in [0.5, 0.6) is 5.75 Å². The van der Waals surface area contributed by atoms with Gasteiger partial charge in [-0.1, -0.05) is 24.3 Å². The Kier molecular flexibility index (Phi) is 4.18. The normalized spacial score (nSPS) is 12.4. The van der Waals surface area contributed by atoms with Crippen molar-refractivity contribution < 1.29 is 14.3 Å². The molecule has 1 atom stereocenters. The van der Waals surface area contributed by atoms with Gasteiger partial charge in [-0.15, -0.1) is 0 Å². The fraction of sp³-hybridized carbons (Fsp3) is 0.200. The highest BCUT2D eigenvalue weighted by Gasteiger charge is 2.17. The summed E-state index contributed by atoms with van der Waals surface area (Å²) < 4.78 is 13.1. The van der Waals surface area contributed by atoms with E-state index in [0.717, 1.165) is 22.3 Å². The van der Waals surface area contributed by atoms with Crippen molar-refractivity contribution in [2.75, 3.05) is 7.11 Å². The first-order chi connectivity index (χ1) is 12.7. The van der Waals surface area contributed by atoms with Crippen LogP contribution in [0.15, 0.2) is 59.1 Å². The van der Waals surface area contributed by atoms with Crippen LogP contribution in [0.2, 0.25) is 0 Å². The summed E-state index contributed by atoms with van der Waals surface area (Å²) in [5.41, 5.74) is 2.67. The average molecular weight is 349 g/mol. The van der Waals surface area contributed by atoms with Gasteiger partial charge in [0.2, 0.25) is 5.89 Å². The average Bonchev–Trinajstić information content (AvgIpc) is 3.27. The van der Waals surface area contributed by atoms with E-state index < -0.39 is 6.10 Å². The van der Waals surface area contributed by atoms with E-state index in [1.807, 2.05) is 53.1 Å². The molecular formula is C20H19N3O3. The summed E-state index contributed by atoms with van der Waals surface area (Å²) in [6.45, 7) is 2.10. The molecule has 2 aromatic carbocycles. The smallest absolute Gasteiger partial charge is 0.214 e. The summed E-state index contributed by atoms with van der Waals surface area (Å²) in [5, 5.41) is 10.1. The number of fused-ring (bicyclic) bond motifs is 1. The van der Waals surface area contributed by atoms with Crippen molar-refractivity contribution in [3.63, 3.8) is 0 Å². The number of hydrogen-bond donors (Lipinski definition) is 1. The van der Waals surface area contributed by atoms with Gasteiger partial charge in [0.05, 0.1) is 24.3 Å². The maximum atomic E-state index is 10.1. The van der Waals surface area contributed by atoms with Crippen molar-refractivity contribution >= 4 is 11.0 Å². The molecule has 2 heterocycles. The lowest BCUT2D eigenvalue weighted by atomic mass is 10.2. The zero-order chi connectivity index (χ0) is 18.1. The van der Waals surface area contributed by atoms with Crippen LogP contribution in [0.1, 0.15) is 24.7 Å². The lowest BCUT2D eigenvalue weighted by Crippen LogP contribution is -2.08. The van der Waals surface area contributed by atoms with Crippen molar-refractivity contribution in [3.8, 4) is 17.1 Å². The summed E-state index contributed by atoms with van der Waals surface area (Å²) >= 11 is 0. The lowest BCUT2D eigenvalue weighted by Gasteiger charge is -2.08. The molecule has 0 amide bonds. The van der Waals surface area contributed by atoms with Crippen LogP contribution in [0.25, 0.3) is 22.4 Å². The van der Waals surface area contributed by atoms with Crippen LogP contribution in [-0.4, -0.2) is 26.8 Å². The second kappa shape index (κ2) is 6.65. The predicted molar refractivity (Wildman–Crippen MR) is 98.0 cm³/mol. The fourth-order valence-corrected chi connectivity index (χ4v) is 3.01. The van der Waals surface area contributed by atoms with E-state index in [9.17, 15) is 5.11 Å². The molecule has 4 aromatic rings. The molecule has 0 aliphatic rings. The number of imidazole rings is 1. The molecular weight excluding hydrogens is 330 g/mol. The minimum absolute atomic E-state index is 0.394. The number of rotatable bonds is 5. The third-order valence-corrected chi connectivity index (χ3v) is 4.26. The number of aliphatic hydroxyl groups is 1. The standard InChI is InChI=1S/C20H19N3O3/c1-13(24)20-22-16-8-3-4-9-17(16)23(20)12-19-21-11-18(26-19)14-6-5-7-15(10-14)25-2/h3-11,13,24H,12H2,1-2H3. The Balaban J connectivity index is 1.69. The van der Waals surface area contributed by atoms with Gasteiger partial charge < -0.3 is 18.8 Å². The largest absolute Gasteiger partial charge is 0.497 e. The van der Waals surface area contributed by atoms with Crippen molar-refractivity contribution in [2.24, 2.45) is 0 Å². The van der Waals surface area contributed by atoms with Crippen molar-refractivity contribution in [3.05, 3.63) is 66.4 Å². The number of para-hydroxylation sites is 2. The molecule has 0 spiro atoms. The van der Waals surface area contributed by atoms with Crippen molar-refractivity contribution in [2.45, 2.75) is 19.6 Å². The van der Waals surface area contributed by atoms with Crippen LogP contribution in [0, 0.1) is 0 Å². The Labute approximate surface area is 150 Å². The molecule has 132 valence electrons. The summed E-state index contributed by atoms with van der Waals surface area (Å²) in [6, 6.07) is 15.4. The second-order valence-corrected chi connectivity index (χ2v) is 6.07. The Morgan fingerprint density at radius 1 is 1.19 bits per heavy atom. The maximum Gasteiger partial charge on any atom is 0.214 e. The van der Waals surface area contributed by atoms with Gasteiger partial charge in [-0.2, -0.15) is 0 Å². The highest BCUT2D eigenvalue weighted by molar-refractivity contribution is 5.76. The number of oxazole rings is 1. The van der Waals surface area contributed by atoms with Gasteiger partial charge in [-0.25, -0.2) is 9.97 Å². The van der Waals surface area contributed by atoms with Crippen molar-refractivity contribution in [1.29, 1.82) is 0 Å². The van der Waals surface area contributed by atoms with E-state index in [4.69, 9.17) is 9.15 Å².